The molecule has 0 bridgehead atoms. The lowest BCUT2D eigenvalue weighted by Crippen LogP contribution is -2.31. The van der Waals surface area contributed by atoms with Crippen molar-refractivity contribution in [3.8, 4) is 0 Å². The van der Waals surface area contributed by atoms with Crippen LogP contribution in [0.4, 0.5) is 0 Å². The molecule has 6 nitrogen and oxygen atoms in total. The Morgan fingerprint density at radius 2 is 1.08 bits per heavy atom. The number of fused-ring (bicyclic) bond motifs is 2. The lowest BCUT2D eigenvalue weighted by atomic mass is 9.85. The number of carbonyl (C=O) groups is 2. The van der Waals surface area contributed by atoms with Crippen LogP contribution in [0.3, 0.4) is 0 Å². The molecule has 0 radical (unpaired) electrons. The summed E-state index contributed by atoms with van der Waals surface area (Å²) in [7, 11) is 0. The molecule has 2 aliphatic rings. The third kappa shape index (κ3) is 6.13. The summed E-state index contributed by atoms with van der Waals surface area (Å²) in [5.74, 6) is 0.573. The van der Waals surface area contributed by atoms with Crippen LogP contribution in [0, 0.1) is 11.8 Å². The minimum Gasteiger partial charge on any atom is -0.369 e. The second kappa shape index (κ2) is 10.8. The van der Waals surface area contributed by atoms with Gasteiger partial charge in [0.15, 0.2) is 12.5 Å². The zero-order valence-corrected chi connectivity index (χ0v) is 24.8. The van der Waals surface area contributed by atoms with E-state index in [1.54, 1.807) is 9.80 Å². The summed E-state index contributed by atoms with van der Waals surface area (Å²) in [6, 6.07) is 11.6. The number of hydrogen-bond acceptors (Lipinski definition) is 4. The van der Waals surface area contributed by atoms with E-state index in [0.717, 1.165) is 22.3 Å². The molecule has 2 heterocycles. The fourth-order valence-electron chi connectivity index (χ4n) is 4.89. The zero-order valence-electron chi connectivity index (χ0n) is 24.8. The summed E-state index contributed by atoms with van der Waals surface area (Å²) < 4.78 is 0. The minimum atomic E-state index is -0.799. The molecule has 0 aliphatic carbocycles. The SMILES string of the molecule is CC(C)CN1C(=O)c2cc(C(C)(C)C)ccc2C1O.CC(C)CN1C(=O)c2ccc(C(C)(C)C)cc2C1O. The third-order valence-electron chi connectivity index (χ3n) is 7.09. The van der Waals surface area contributed by atoms with Gasteiger partial charge in [-0.3, -0.25) is 9.59 Å². The number of aliphatic hydroxyl groups is 2. The second-order valence-corrected chi connectivity index (χ2v) is 13.6. The number of carbonyl (C=O) groups excluding carboxylic acids is 2. The van der Waals surface area contributed by atoms with Gasteiger partial charge in [-0.1, -0.05) is 87.4 Å². The largest absolute Gasteiger partial charge is 0.369 e. The molecule has 4 rings (SSSR count). The first kappa shape index (κ1) is 29.9. The number of aliphatic hydroxyl groups excluding tert-OH is 2. The van der Waals surface area contributed by atoms with Crippen molar-refractivity contribution in [3.05, 3.63) is 69.8 Å². The average Bonchev–Trinajstić information content (AvgIpc) is 3.18. The van der Waals surface area contributed by atoms with Gasteiger partial charge in [-0.05, 0) is 52.0 Å². The molecule has 0 saturated carbocycles. The predicted octanol–water partition coefficient (Wildman–Crippen LogP) is 6.17. The number of hydrogen-bond donors (Lipinski definition) is 2. The molecule has 208 valence electrons. The van der Waals surface area contributed by atoms with Crippen LogP contribution >= 0.6 is 0 Å². The summed E-state index contributed by atoms with van der Waals surface area (Å²) >= 11 is 0. The molecule has 0 fully saturated rings. The normalized spacial score (nSPS) is 19.2. The summed E-state index contributed by atoms with van der Waals surface area (Å²) in [5, 5.41) is 20.6. The fraction of sp³-hybridized carbons (Fsp3) is 0.562. The maximum Gasteiger partial charge on any atom is 0.256 e. The number of rotatable bonds is 4. The summed E-state index contributed by atoms with van der Waals surface area (Å²) in [6.07, 6.45) is -1.59. The Hall–Kier alpha value is -2.70. The molecular weight excluding hydrogens is 476 g/mol. The van der Waals surface area contributed by atoms with Crippen LogP contribution in [-0.4, -0.2) is 44.9 Å². The Kier molecular flexibility index (Phi) is 8.50. The topological polar surface area (TPSA) is 81.1 Å². The average molecular weight is 523 g/mol. The molecule has 6 heteroatoms. The molecule has 38 heavy (non-hydrogen) atoms. The van der Waals surface area contributed by atoms with Gasteiger partial charge in [0.25, 0.3) is 11.8 Å². The van der Waals surface area contributed by atoms with Gasteiger partial charge in [-0.2, -0.15) is 0 Å². The number of amides is 2. The van der Waals surface area contributed by atoms with Crippen LogP contribution in [0.1, 0.15) is 125 Å². The molecule has 2 N–H and O–H groups in total. The monoisotopic (exact) mass is 522 g/mol. The molecule has 2 aliphatic heterocycles. The lowest BCUT2D eigenvalue weighted by molar-refractivity contribution is 0.0119. The van der Waals surface area contributed by atoms with Crippen molar-refractivity contribution in [2.75, 3.05) is 13.1 Å². The third-order valence-corrected chi connectivity index (χ3v) is 7.09. The Bertz CT molecular complexity index is 1180. The zero-order chi connectivity index (χ0) is 28.7. The molecule has 0 saturated heterocycles. The van der Waals surface area contributed by atoms with E-state index in [-0.39, 0.29) is 22.6 Å². The quantitative estimate of drug-likeness (QED) is 0.503. The van der Waals surface area contributed by atoms with E-state index in [9.17, 15) is 19.8 Å². The molecular formula is C32H46N2O4. The van der Waals surface area contributed by atoms with E-state index in [1.807, 2.05) is 64.1 Å². The lowest BCUT2D eigenvalue weighted by Gasteiger charge is -2.23. The second-order valence-electron chi connectivity index (χ2n) is 13.6. The number of nitrogens with zero attached hydrogens (tertiary/aromatic N) is 2. The van der Waals surface area contributed by atoms with E-state index >= 15 is 0 Å². The Labute approximate surface area is 228 Å². The van der Waals surface area contributed by atoms with E-state index < -0.39 is 12.5 Å². The predicted molar refractivity (Wildman–Crippen MR) is 152 cm³/mol. The first-order valence-corrected chi connectivity index (χ1v) is 13.7. The summed E-state index contributed by atoms with van der Waals surface area (Å²) in [4.78, 5) is 27.8. The van der Waals surface area contributed by atoms with E-state index in [1.165, 1.54) is 0 Å². The molecule has 2 unspecified atom stereocenters. The van der Waals surface area contributed by atoms with Crippen molar-refractivity contribution < 1.29 is 19.8 Å². The van der Waals surface area contributed by atoms with Crippen LogP contribution in [-0.2, 0) is 10.8 Å². The van der Waals surface area contributed by atoms with Crippen molar-refractivity contribution in [3.63, 3.8) is 0 Å². The fourth-order valence-corrected chi connectivity index (χ4v) is 4.89. The van der Waals surface area contributed by atoms with E-state index in [0.29, 0.717) is 36.1 Å². The highest BCUT2D eigenvalue weighted by atomic mass is 16.3. The molecule has 2 aromatic rings. The van der Waals surface area contributed by atoms with Gasteiger partial charge in [0, 0.05) is 35.3 Å². The van der Waals surface area contributed by atoms with Crippen molar-refractivity contribution in [2.24, 2.45) is 11.8 Å². The van der Waals surface area contributed by atoms with Gasteiger partial charge >= 0.3 is 0 Å². The van der Waals surface area contributed by atoms with Gasteiger partial charge in [0.05, 0.1) is 0 Å². The first-order chi connectivity index (χ1) is 17.4. The molecule has 2 atom stereocenters. The Morgan fingerprint density at radius 1 is 0.658 bits per heavy atom. The van der Waals surface area contributed by atoms with Crippen LogP contribution < -0.4 is 0 Å². The minimum absolute atomic E-state index is 0.00568. The van der Waals surface area contributed by atoms with Crippen molar-refractivity contribution in [2.45, 2.75) is 92.5 Å². The highest BCUT2D eigenvalue weighted by molar-refractivity contribution is 5.99. The Morgan fingerprint density at radius 3 is 1.55 bits per heavy atom. The van der Waals surface area contributed by atoms with Gasteiger partial charge in [-0.15, -0.1) is 0 Å². The standard InChI is InChI=1S/2C16H23NO2/c2*1-10(2)9-17-14(18)12-7-6-11(16(3,4)5)8-13(12)15(17)19/h6-8,10,15,19H,9H2,1-5H3;6-8,10,14,18H,9H2,1-5H3. The molecule has 0 spiro atoms. The molecule has 2 amide bonds. The van der Waals surface area contributed by atoms with Crippen LogP contribution in [0.2, 0.25) is 0 Å². The van der Waals surface area contributed by atoms with Crippen molar-refractivity contribution in [1.29, 1.82) is 0 Å². The maximum absolute atomic E-state index is 12.4. The van der Waals surface area contributed by atoms with Crippen LogP contribution in [0.5, 0.6) is 0 Å². The van der Waals surface area contributed by atoms with Crippen molar-refractivity contribution in [1.82, 2.24) is 9.80 Å². The van der Waals surface area contributed by atoms with Crippen LogP contribution in [0.25, 0.3) is 0 Å². The molecule has 0 aromatic heterocycles. The van der Waals surface area contributed by atoms with Gasteiger partial charge in [0.2, 0.25) is 0 Å². The smallest absolute Gasteiger partial charge is 0.256 e. The van der Waals surface area contributed by atoms with Gasteiger partial charge in [0.1, 0.15) is 0 Å². The summed E-state index contributed by atoms with van der Waals surface area (Å²) in [5.41, 5.74) is 5.07. The first-order valence-electron chi connectivity index (χ1n) is 13.7. The highest BCUT2D eigenvalue weighted by Gasteiger charge is 2.37. The Balaban J connectivity index is 0.000000211. The van der Waals surface area contributed by atoms with Gasteiger partial charge in [-0.25, -0.2) is 0 Å². The van der Waals surface area contributed by atoms with E-state index in [2.05, 4.69) is 41.5 Å². The number of benzene rings is 2. The molecule has 2 aromatic carbocycles. The van der Waals surface area contributed by atoms with E-state index in [4.69, 9.17) is 0 Å². The summed E-state index contributed by atoms with van der Waals surface area (Å²) in [6.45, 7) is 22.1. The van der Waals surface area contributed by atoms with Crippen molar-refractivity contribution >= 4 is 11.8 Å². The maximum atomic E-state index is 12.4. The highest BCUT2D eigenvalue weighted by Crippen LogP contribution is 2.36. The van der Waals surface area contributed by atoms with Gasteiger partial charge < -0.3 is 20.0 Å². The van der Waals surface area contributed by atoms with Crippen LogP contribution in [0.15, 0.2) is 36.4 Å².